The zero-order chi connectivity index (χ0) is 13.1. The summed E-state index contributed by atoms with van der Waals surface area (Å²) in [5.74, 6) is -0.00290. The first-order chi connectivity index (χ1) is 8.60. The average Bonchev–Trinajstić information content (AvgIpc) is 2.80. The van der Waals surface area contributed by atoms with Crippen LogP contribution >= 0.6 is 11.3 Å². The standard InChI is InChI=1S/C14H16N2OS/c1-4-13(17)16-14-15-8-12(18-14)11-7-9(2)5-6-10(11)3/h5-8H,4H2,1-3H3,(H,15,16,17). The van der Waals surface area contributed by atoms with Gasteiger partial charge in [-0.1, -0.05) is 42.0 Å². The maximum Gasteiger partial charge on any atom is 0.225 e. The van der Waals surface area contributed by atoms with E-state index in [1.54, 1.807) is 0 Å². The van der Waals surface area contributed by atoms with Crippen molar-refractivity contribution in [1.82, 2.24) is 4.98 Å². The van der Waals surface area contributed by atoms with E-state index in [1.807, 2.05) is 13.1 Å². The van der Waals surface area contributed by atoms with Gasteiger partial charge in [0.15, 0.2) is 5.13 Å². The topological polar surface area (TPSA) is 42.0 Å². The first-order valence-electron chi connectivity index (χ1n) is 5.93. The molecule has 2 rings (SSSR count). The van der Waals surface area contributed by atoms with Gasteiger partial charge in [-0.2, -0.15) is 0 Å². The summed E-state index contributed by atoms with van der Waals surface area (Å²) >= 11 is 1.51. The second-order valence-corrected chi connectivity index (χ2v) is 5.28. The van der Waals surface area contributed by atoms with E-state index >= 15 is 0 Å². The summed E-state index contributed by atoms with van der Waals surface area (Å²) in [5, 5.41) is 3.45. The molecule has 18 heavy (non-hydrogen) atoms. The van der Waals surface area contributed by atoms with Crippen LogP contribution in [0.5, 0.6) is 0 Å². The molecule has 1 amide bonds. The quantitative estimate of drug-likeness (QED) is 0.912. The number of hydrogen-bond acceptors (Lipinski definition) is 3. The summed E-state index contributed by atoms with van der Waals surface area (Å²) in [7, 11) is 0. The molecule has 0 saturated carbocycles. The Morgan fingerprint density at radius 2 is 2.17 bits per heavy atom. The zero-order valence-corrected chi connectivity index (χ0v) is 11.6. The lowest BCUT2D eigenvalue weighted by molar-refractivity contribution is -0.115. The molecule has 0 unspecified atom stereocenters. The normalized spacial score (nSPS) is 10.4. The zero-order valence-electron chi connectivity index (χ0n) is 10.8. The fourth-order valence-corrected chi connectivity index (χ4v) is 2.58. The largest absolute Gasteiger partial charge is 0.302 e. The summed E-state index contributed by atoms with van der Waals surface area (Å²) in [6, 6.07) is 6.35. The van der Waals surface area contributed by atoms with Crippen molar-refractivity contribution in [3.8, 4) is 10.4 Å². The molecular formula is C14H16N2OS. The molecule has 1 heterocycles. The Labute approximate surface area is 111 Å². The predicted octanol–water partition coefficient (Wildman–Crippen LogP) is 3.78. The minimum absolute atomic E-state index is 0.00290. The molecular weight excluding hydrogens is 244 g/mol. The lowest BCUT2D eigenvalue weighted by atomic mass is 10.1. The highest BCUT2D eigenvalue weighted by Crippen LogP contribution is 2.31. The molecule has 0 atom stereocenters. The van der Waals surface area contributed by atoms with Gasteiger partial charge < -0.3 is 5.32 Å². The van der Waals surface area contributed by atoms with Crippen molar-refractivity contribution < 1.29 is 4.79 Å². The molecule has 0 aliphatic heterocycles. The minimum Gasteiger partial charge on any atom is -0.302 e. The Morgan fingerprint density at radius 3 is 2.89 bits per heavy atom. The highest BCUT2D eigenvalue weighted by Gasteiger charge is 2.08. The SMILES string of the molecule is CCC(=O)Nc1ncc(-c2cc(C)ccc2C)s1. The lowest BCUT2D eigenvalue weighted by Gasteiger charge is -2.03. The summed E-state index contributed by atoms with van der Waals surface area (Å²) < 4.78 is 0. The Morgan fingerprint density at radius 1 is 1.39 bits per heavy atom. The molecule has 0 bridgehead atoms. The number of aryl methyl sites for hydroxylation is 2. The first kappa shape index (κ1) is 12.8. The van der Waals surface area contributed by atoms with Crippen molar-refractivity contribution >= 4 is 22.4 Å². The van der Waals surface area contributed by atoms with E-state index in [-0.39, 0.29) is 5.91 Å². The Bertz CT molecular complexity index is 575. The predicted molar refractivity (Wildman–Crippen MR) is 75.9 cm³/mol. The number of hydrogen-bond donors (Lipinski definition) is 1. The third kappa shape index (κ3) is 2.76. The average molecular weight is 260 g/mol. The van der Waals surface area contributed by atoms with E-state index < -0.39 is 0 Å². The van der Waals surface area contributed by atoms with Gasteiger partial charge in [0, 0.05) is 12.6 Å². The van der Waals surface area contributed by atoms with E-state index in [9.17, 15) is 4.79 Å². The van der Waals surface area contributed by atoms with Gasteiger partial charge in [0.25, 0.3) is 0 Å². The number of carbonyl (C=O) groups excluding carboxylic acids is 1. The number of carbonyl (C=O) groups is 1. The van der Waals surface area contributed by atoms with Crippen LogP contribution in [0.3, 0.4) is 0 Å². The van der Waals surface area contributed by atoms with Gasteiger partial charge in [0.05, 0.1) is 4.88 Å². The van der Waals surface area contributed by atoms with E-state index in [2.05, 4.69) is 42.3 Å². The number of nitrogens with zero attached hydrogens (tertiary/aromatic N) is 1. The molecule has 94 valence electrons. The van der Waals surface area contributed by atoms with Gasteiger partial charge in [0.1, 0.15) is 0 Å². The van der Waals surface area contributed by atoms with Crippen LogP contribution in [0.1, 0.15) is 24.5 Å². The van der Waals surface area contributed by atoms with Crippen LogP contribution in [0.2, 0.25) is 0 Å². The highest BCUT2D eigenvalue weighted by molar-refractivity contribution is 7.19. The number of amides is 1. The lowest BCUT2D eigenvalue weighted by Crippen LogP contribution is -2.08. The number of benzene rings is 1. The smallest absolute Gasteiger partial charge is 0.225 e. The third-order valence-corrected chi connectivity index (χ3v) is 3.68. The summed E-state index contributed by atoms with van der Waals surface area (Å²) in [5.41, 5.74) is 3.63. The monoisotopic (exact) mass is 260 g/mol. The van der Waals surface area contributed by atoms with Crippen LogP contribution in [0.4, 0.5) is 5.13 Å². The molecule has 1 aromatic carbocycles. The van der Waals surface area contributed by atoms with Crippen LogP contribution < -0.4 is 5.32 Å². The Hall–Kier alpha value is -1.68. The molecule has 2 aromatic rings. The van der Waals surface area contributed by atoms with Crippen LogP contribution in [0.15, 0.2) is 24.4 Å². The van der Waals surface area contributed by atoms with Crippen LogP contribution in [-0.4, -0.2) is 10.9 Å². The maximum atomic E-state index is 11.3. The van der Waals surface area contributed by atoms with Crippen molar-refractivity contribution in [1.29, 1.82) is 0 Å². The van der Waals surface area contributed by atoms with Crippen molar-refractivity contribution in [3.63, 3.8) is 0 Å². The summed E-state index contributed by atoms with van der Waals surface area (Å²) in [6.45, 7) is 5.98. The van der Waals surface area contributed by atoms with Crippen LogP contribution in [-0.2, 0) is 4.79 Å². The second kappa shape index (κ2) is 5.31. The number of thiazole rings is 1. The van der Waals surface area contributed by atoms with Gasteiger partial charge in [-0.15, -0.1) is 0 Å². The van der Waals surface area contributed by atoms with Crippen LogP contribution in [0.25, 0.3) is 10.4 Å². The first-order valence-corrected chi connectivity index (χ1v) is 6.75. The summed E-state index contributed by atoms with van der Waals surface area (Å²) in [6.07, 6.45) is 2.29. The van der Waals surface area contributed by atoms with Gasteiger partial charge >= 0.3 is 0 Å². The van der Waals surface area contributed by atoms with Gasteiger partial charge in [-0.05, 0) is 25.0 Å². The number of rotatable bonds is 3. The van der Waals surface area contributed by atoms with Crippen molar-refractivity contribution in [3.05, 3.63) is 35.5 Å². The molecule has 0 aliphatic rings. The molecule has 0 spiro atoms. The molecule has 0 fully saturated rings. The third-order valence-electron chi connectivity index (χ3n) is 2.73. The minimum atomic E-state index is -0.00290. The van der Waals surface area contributed by atoms with Crippen LogP contribution in [0, 0.1) is 13.8 Å². The molecule has 0 radical (unpaired) electrons. The molecule has 1 aromatic heterocycles. The molecule has 0 saturated heterocycles. The Kier molecular flexibility index (Phi) is 3.77. The van der Waals surface area contributed by atoms with Crippen molar-refractivity contribution in [2.24, 2.45) is 0 Å². The van der Waals surface area contributed by atoms with Gasteiger partial charge in [0.2, 0.25) is 5.91 Å². The number of nitrogens with one attached hydrogen (secondary N) is 1. The van der Waals surface area contributed by atoms with E-state index in [0.29, 0.717) is 11.6 Å². The van der Waals surface area contributed by atoms with Gasteiger partial charge in [-0.25, -0.2) is 4.98 Å². The fourth-order valence-electron chi connectivity index (χ4n) is 1.67. The van der Waals surface area contributed by atoms with Crippen molar-refractivity contribution in [2.45, 2.75) is 27.2 Å². The highest BCUT2D eigenvalue weighted by atomic mass is 32.1. The van der Waals surface area contributed by atoms with Crippen molar-refractivity contribution in [2.75, 3.05) is 5.32 Å². The summed E-state index contributed by atoms with van der Waals surface area (Å²) in [4.78, 5) is 16.6. The molecule has 3 nitrogen and oxygen atoms in total. The van der Waals surface area contributed by atoms with E-state index in [0.717, 1.165) is 4.88 Å². The number of anilines is 1. The van der Waals surface area contributed by atoms with Gasteiger partial charge in [-0.3, -0.25) is 4.79 Å². The Balaban J connectivity index is 2.29. The van der Waals surface area contributed by atoms with E-state index in [4.69, 9.17) is 0 Å². The molecule has 4 heteroatoms. The number of aromatic nitrogens is 1. The van der Waals surface area contributed by atoms with E-state index in [1.165, 1.54) is 28.0 Å². The second-order valence-electron chi connectivity index (χ2n) is 4.25. The maximum absolute atomic E-state index is 11.3. The molecule has 0 aliphatic carbocycles. The molecule has 1 N–H and O–H groups in total. The fraction of sp³-hybridized carbons (Fsp3) is 0.286.